The summed E-state index contributed by atoms with van der Waals surface area (Å²) < 4.78 is 21.7. The Balaban J connectivity index is 1.44. The minimum atomic E-state index is -0.442. The molecule has 2 N–H and O–H groups in total. The minimum Gasteiger partial charge on any atom is -0.493 e. The zero-order valence-electron chi connectivity index (χ0n) is 15.7. The standard InChI is InChI=1S/C19H26N2O6/c1-24-15-4-3-13(11-16(15)25-2)18(23)20-12-17(22)21-14-5-7-19(8-6-14)26-9-10-27-19/h3-4,11,14H,5-10,12H2,1-2H3,(H,20,23)(H,21,22). The molecule has 0 aromatic heterocycles. The Labute approximate surface area is 158 Å². The Morgan fingerprint density at radius 3 is 2.41 bits per heavy atom. The Hall–Kier alpha value is -2.32. The maximum Gasteiger partial charge on any atom is 0.251 e. The summed E-state index contributed by atoms with van der Waals surface area (Å²) in [4.78, 5) is 24.4. The van der Waals surface area contributed by atoms with Crippen LogP contribution in [0, 0.1) is 0 Å². The van der Waals surface area contributed by atoms with Gasteiger partial charge in [0, 0.05) is 24.4 Å². The molecule has 1 heterocycles. The first kappa shape index (κ1) is 19.4. The summed E-state index contributed by atoms with van der Waals surface area (Å²) in [6.45, 7) is 1.19. The van der Waals surface area contributed by atoms with Crippen LogP contribution in [0.5, 0.6) is 11.5 Å². The van der Waals surface area contributed by atoms with Gasteiger partial charge in [-0.3, -0.25) is 9.59 Å². The Morgan fingerprint density at radius 1 is 1.11 bits per heavy atom. The van der Waals surface area contributed by atoms with Gasteiger partial charge in [0.25, 0.3) is 5.91 Å². The molecule has 1 aromatic rings. The second kappa shape index (κ2) is 8.58. The molecule has 0 unspecified atom stereocenters. The maximum atomic E-state index is 12.3. The van der Waals surface area contributed by atoms with Crippen LogP contribution in [0.2, 0.25) is 0 Å². The zero-order chi connectivity index (χ0) is 19.3. The summed E-state index contributed by atoms with van der Waals surface area (Å²) in [6, 6.07) is 4.93. The lowest BCUT2D eigenvalue weighted by Gasteiger charge is -2.35. The van der Waals surface area contributed by atoms with Crippen molar-refractivity contribution < 1.29 is 28.5 Å². The van der Waals surface area contributed by atoms with Crippen LogP contribution in [-0.4, -0.2) is 57.6 Å². The highest BCUT2D eigenvalue weighted by molar-refractivity contribution is 5.97. The van der Waals surface area contributed by atoms with E-state index in [-0.39, 0.29) is 24.4 Å². The fourth-order valence-electron chi connectivity index (χ4n) is 3.51. The molecule has 148 valence electrons. The molecule has 1 aromatic carbocycles. The van der Waals surface area contributed by atoms with E-state index >= 15 is 0 Å². The summed E-state index contributed by atoms with van der Waals surface area (Å²) >= 11 is 0. The first-order chi connectivity index (χ1) is 13.0. The lowest BCUT2D eigenvalue weighted by molar-refractivity contribution is -0.180. The molecule has 2 aliphatic rings. The predicted molar refractivity (Wildman–Crippen MR) is 96.9 cm³/mol. The van der Waals surface area contributed by atoms with E-state index in [0.29, 0.717) is 30.3 Å². The fourth-order valence-corrected chi connectivity index (χ4v) is 3.51. The van der Waals surface area contributed by atoms with Crippen LogP contribution >= 0.6 is 0 Å². The molecule has 1 spiro atoms. The number of nitrogens with one attached hydrogen (secondary N) is 2. The van der Waals surface area contributed by atoms with Crippen molar-refractivity contribution in [3.05, 3.63) is 23.8 Å². The normalized spacial score (nSPS) is 18.9. The van der Waals surface area contributed by atoms with Gasteiger partial charge in [-0.15, -0.1) is 0 Å². The summed E-state index contributed by atoms with van der Waals surface area (Å²) in [7, 11) is 3.03. The Bertz CT molecular complexity index is 677. The van der Waals surface area contributed by atoms with Crippen molar-refractivity contribution in [3.8, 4) is 11.5 Å². The number of hydrogen-bond donors (Lipinski definition) is 2. The van der Waals surface area contributed by atoms with Crippen molar-refractivity contribution in [2.45, 2.75) is 37.5 Å². The van der Waals surface area contributed by atoms with Crippen molar-refractivity contribution in [2.75, 3.05) is 34.0 Å². The lowest BCUT2D eigenvalue weighted by Crippen LogP contribution is -2.46. The molecule has 1 saturated carbocycles. The summed E-state index contributed by atoms with van der Waals surface area (Å²) in [6.07, 6.45) is 3.15. The first-order valence-electron chi connectivity index (χ1n) is 9.13. The minimum absolute atomic E-state index is 0.0777. The molecule has 2 amide bonds. The van der Waals surface area contributed by atoms with Gasteiger partial charge in [-0.05, 0) is 31.0 Å². The van der Waals surface area contributed by atoms with E-state index in [1.807, 2.05) is 0 Å². The molecule has 1 saturated heterocycles. The Kier molecular flexibility index (Phi) is 6.18. The predicted octanol–water partition coefficient (Wildman–Crippen LogP) is 1.24. The van der Waals surface area contributed by atoms with Crippen molar-refractivity contribution in [1.29, 1.82) is 0 Å². The van der Waals surface area contributed by atoms with Crippen molar-refractivity contribution in [1.82, 2.24) is 10.6 Å². The molecule has 0 atom stereocenters. The molecule has 0 bridgehead atoms. The lowest BCUT2D eigenvalue weighted by atomic mass is 9.90. The van der Waals surface area contributed by atoms with Crippen LogP contribution in [0.25, 0.3) is 0 Å². The molecular formula is C19H26N2O6. The second-order valence-corrected chi connectivity index (χ2v) is 6.70. The first-order valence-corrected chi connectivity index (χ1v) is 9.13. The van der Waals surface area contributed by atoms with Crippen molar-refractivity contribution in [2.24, 2.45) is 0 Å². The second-order valence-electron chi connectivity index (χ2n) is 6.70. The van der Waals surface area contributed by atoms with Gasteiger partial charge in [0.1, 0.15) is 0 Å². The molecule has 2 fully saturated rings. The molecule has 1 aliphatic carbocycles. The average Bonchev–Trinajstić information content (AvgIpc) is 3.15. The number of carbonyl (C=O) groups excluding carboxylic acids is 2. The molecule has 8 heteroatoms. The van der Waals surface area contributed by atoms with Crippen molar-refractivity contribution >= 4 is 11.8 Å². The third-order valence-corrected chi connectivity index (χ3v) is 4.98. The zero-order valence-corrected chi connectivity index (χ0v) is 15.7. The number of hydrogen-bond acceptors (Lipinski definition) is 6. The largest absolute Gasteiger partial charge is 0.493 e. The van der Waals surface area contributed by atoms with Gasteiger partial charge in [-0.25, -0.2) is 0 Å². The van der Waals surface area contributed by atoms with Gasteiger partial charge in [0.15, 0.2) is 17.3 Å². The van der Waals surface area contributed by atoms with Crippen LogP contribution in [0.4, 0.5) is 0 Å². The summed E-state index contributed by atoms with van der Waals surface area (Å²) in [5.74, 6) is 0.00161. The van der Waals surface area contributed by atoms with Gasteiger partial charge in [-0.2, -0.15) is 0 Å². The van der Waals surface area contributed by atoms with E-state index < -0.39 is 5.79 Å². The molecule has 3 rings (SSSR count). The van der Waals surface area contributed by atoms with Crippen LogP contribution in [0.15, 0.2) is 18.2 Å². The highest BCUT2D eigenvalue weighted by Gasteiger charge is 2.40. The molecule has 0 radical (unpaired) electrons. The van der Waals surface area contributed by atoms with Gasteiger partial charge in [0.05, 0.1) is 34.0 Å². The van der Waals surface area contributed by atoms with E-state index in [4.69, 9.17) is 18.9 Å². The van der Waals surface area contributed by atoms with Crippen LogP contribution < -0.4 is 20.1 Å². The fraction of sp³-hybridized carbons (Fsp3) is 0.579. The third kappa shape index (κ3) is 4.70. The van der Waals surface area contributed by atoms with E-state index in [0.717, 1.165) is 25.7 Å². The number of ether oxygens (including phenoxy) is 4. The topological polar surface area (TPSA) is 95.1 Å². The molecule has 8 nitrogen and oxygen atoms in total. The quantitative estimate of drug-likeness (QED) is 0.773. The van der Waals surface area contributed by atoms with Crippen LogP contribution in [0.1, 0.15) is 36.0 Å². The average molecular weight is 378 g/mol. The SMILES string of the molecule is COc1ccc(C(=O)NCC(=O)NC2CCC3(CC2)OCCO3)cc1OC. The summed E-state index contributed by atoms with van der Waals surface area (Å²) in [5.41, 5.74) is 0.399. The number of rotatable bonds is 6. The number of methoxy groups -OCH3 is 2. The third-order valence-electron chi connectivity index (χ3n) is 4.98. The van der Waals surface area contributed by atoms with E-state index in [1.165, 1.54) is 14.2 Å². The highest BCUT2D eigenvalue weighted by atomic mass is 16.7. The van der Waals surface area contributed by atoms with Crippen molar-refractivity contribution in [3.63, 3.8) is 0 Å². The highest BCUT2D eigenvalue weighted by Crippen LogP contribution is 2.35. The van der Waals surface area contributed by atoms with Gasteiger partial charge in [0.2, 0.25) is 5.91 Å². The van der Waals surface area contributed by atoms with Gasteiger partial charge < -0.3 is 29.6 Å². The van der Waals surface area contributed by atoms with Crippen LogP contribution in [-0.2, 0) is 14.3 Å². The molecule has 1 aliphatic heterocycles. The van der Waals surface area contributed by atoms with E-state index in [9.17, 15) is 9.59 Å². The van der Waals surface area contributed by atoms with E-state index in [1.54, 1.807) is 18.2 Å². The van der Waals surface area contributed by atoms with Gasteiger partial charge >= 0.3 is 0 Å². The summed E-state index contributed by atoms with van der Waals surface area (Å²) in [5, 5.41) is 5.59. The monoisotopic (exact) mass is 378 g/mol. The number of carbonyl (C=O) groups is 2. The van der Waals surface area contributed by atoms with Crippen LogP contribution in [0.3, 0.4) is 0 Å². The molecular weight excluding hydrogens is 352 g/mol. The molecule has 27 heavy (non-hydrogen) atoms. The number of amides is 2. The maximum absolute atomic E-state index is 12.3. The smallest absolute Gasteiger partial charge is 0.251 e. The number of benzene rings is 1. The van der Waals surface area contributed by atoms with Gasteiger partial charge in [-0.1, -0.05) is 0 Å². The Morgan fingerprint density at radius 2 is 1.78 bits per heavy atom. The van der Waals surface area contributed by atoms with E-state index in [2.05, 4.69) is 10.6 Å².